The number of amides is 2. The van der Waals surface area contributed by atoms with Gasteiger partial charge in [0.1, 0.15) is 5.82 Å². The lowest BCUT2D eigenvalue weighted by Gasteiger charge is -2.24. The summed E-state index contributed by atoms with van der Waals surface area (Å²) in [6.45, 7) is 5.80. The Balaban J connectivity index is 1.93. The SMILES string of the molecule is CC(C)C(O)CC(=O)N1CCCN(C(=O)c2ccc(F)cc2)CC1. The second kappa shape index (κ2) is 8.24. The van der Waals surface area contributed by atoms with Gasteiger partial charge in [-0.1, -0.05) is 13.8 Å². The molecular formula is C18H25FN2O3. The molecule has 1 atom stereocenters. The van der Waals surface area contributed by atoms with Crippen molar-refractivity contribution in [3.8, 4) is 0 Å². The maximum absolute atomic E-state index is 13.0. The number of hydrogen-bond donors (Lipinski definition) is 1. The first-order chi connectivity index (χ1) is 11.4. The zero-order valence-electron chi connectivity index (χ0n) is 14.2. The minimum atomic E-state index is -0.641. The molecule has 132 valence electrons. The minimum absolute atomic E-state index is 0.0393. The smallest absolute Gasteiger partial charge is 0.253 e. The van der Waals surface area contributed by atoms with Gasteiger partial charge in [-0.25, -0.2) is 4.39 Å². The van der Waals surface area contributed by atoms with Gasteiger partial charge in [0.25, 0.3) is 5.91 Å². The van der Waals surface area contributed by atoms with Crippen LogP contribution in [0.1, 0.15) is 37.0 Å². The van der Waals surface area contributed by atoms with Crippen LogP contribution in [0.4, 0.5) is 4.39 Å². The Morgan fingerprint density at radius 2 is 1.67 bits per heavy atom. The van der Waals surface area contributed by atoms with Gasteiger partial charge in [0.05, 0.1) is 12.5 Å². The summed E-state index contributed by atoms with van der Waals surface area (Å²) in [5.41, 5.74) is 0.450. The van der Waals surface area contributed by atoms with Gasteiger partial charge in [0.15, 0.2) is 0 Å². The van der Waals surface area contributed by atoms with E-state index in [0.29, 0.717) is 38.2 Å². The van der Waals surface area contributed by atoms with Crippen LogP contribution >= 0.6 is 0 Å². The van der Waals surface area contributed by atoms with Crippen LogP contribution in [0.2, 0.25) is 0 Å². The Hall–Kier alpha value is -1.95. The van der Waals surface area contributed by atoms with Gasteiger partial charge < -0.3 is 14.9 Å². The summed E-state index contributed by atoms with van der Waals surface area (Å²) >= 11 is 0. The highest BCUT2D eigenvalue weighted by Crippen LogP contribution is 2.13. The van der Waals surface area contributed by atoms with Gasteiger partial charge in [-0.2, -0.15) is 0 Å². The fraction of sp³-hybridized carbons (Fsp3) is 0.556. The van der Waals surface area contributed by atoms with E-state index in [1.165, 1.54) is 24.3 Å². The Labute approximate surface area is 142 Å². The normalized spacial score (nSPS) is 16.9. The molecule has 1 aromatic carbocycles. The molecule has 0 bridgehead atoms. The van der Waals surface area contributed by atoms with Crippen LogP contribution in [0.15, 0.2) is 24.3 Å². The standard InChI is InChI=1S/C18H25FN2O3/c1-13(2)16(22)12-17(23)20-8-3-9-21(11-10-20)18(24)14-4-6-15(19)7-5-14/h4-7,13,16,22H,3,8-12H2,1-2H3. The largest absolute Gasteiger partial charge is 0.392 e. The third-order valence-corrected chi connectivity index (χ3v) is 4.38. The molecule has 2 amide bonds. The number of hydrogen-bond acceptors (Lipinski definition) is 3. The highest BCUT2D eigenvalue weighted by atomic mass is 19.1. The fourth-order valence-corrected chi connectivity index (χ4v) is 2.69. The summed E-state index contributed by atoms with van der Waals surface area (Å²) in [5.74, 6) is -0.556. The first-order valence-electron chi connectivity index (χ1n) is 8.39. The topological polar surface area (TPSA) is 60.9 Å². The van der Waals surface area contributed by atoms with E-state index in [4.69, 9.17) is 0 Å². The third kappa shape index (κ3) is 4.77. The monoisotopic (exact) mass is 336 g/mol. The first-order valence-corrected chi connectivity index (χ1v) is 8.39. The summed E-state index contributed by atoms with van der Waals surface area (Å²) in [6.07, 6.45) is 0.165. The van der Waals surface area contributed by atoms with Gasteiger partial charge in [-0.3, -0.25) is 9.59 Å². The molecule has 1 heterocycles. The van der Waals surface area contributed by atoms with Crippen LogP contribution in [0, 0.1) is 11.7 Å². The molecule has 6 heteroatoms. The summed E-state index contributed by atoms with van der Waals surface area (Å²) in [4.78, 5) is 28.1. The Kier molecular flexibility index (Phi) is 6.31. The van der Waals surface area contributed by atoms with Crippen molar-refractivity contribution in [3.63, 3.8) is 0 Å². The van der Waals surface area contributed by atoms with E-state index < -0.39 is 6.10 Å². The van der Waals surface area contributed by atoms with E-state index in [0.717, 1.165) is 0 Å². The molecule has 1 aliphatic heterocycles. The van der Waals surface area contributed by atoms with Gasteiger partial charge in [0, 0.05) is 31.7 Å². The number of halogens is 1. The second-order valence-corrected chi connectivity index (χ2v) is 6.55. The summed E-state index contributed by atoms with van der Waals surface area (Å²) in [5, 5.41) is 9.87. The molecule has 5 nitrogen and oxygen atoms in total. The lowest BCUT2D eigenvalue weighted by Crippen LogP contribution is -2.38. The summed E-state index contributed by atoms with van der Waals surface area (Å²) in [6, 6.07) is 5.50. The molecule has 24 heavy (non-hydrogen) atoms. The van der Waals surface area contributed by atoms with E-state index >= 15 is 0 Å². The molecule has 1 aromatic rings. The van der Waals surface area contributed by atoms with Crippen molar-refractivity contribution in [1.82, 2.24) is 9.80 Å². The zero-order valence-corrected chi connectivity index (χ0v) is 14.2. The molecule has 1 fully saturated rings. The van der Waals surface area contributed by atoms with Crippen LogP contribution in [-0.4, -0.2) is 59.0 Å². The number of carbonyl (C=O) groups is 2. The average molecular weight is 336 g/mol. The molecule has 0 saturated carbocycles. The molecular weight excluding hydrogens is 311 g/mol. The molecule has 0 spiro atoms. The lowest BCUT2D eigenvalue weighted by atomic mass is 10.0. The first kappa shape index (κ1) is 18.4. The summed E-state index contributed by atoms with van der Waals surface area (Å²) in [7, 11) is 0. The molecule has 0 aliphatic carbocycles. The van der Waals surface area contributed by atoms with E-state index in [9.17, 15) is 19.1 Å². The summed E-state index contributed by atoms with van der Waals surface area (Å²) < 4.78 is 13.0. The molecule has 1 aliphatic rings. The van der Waals surface area contributed by atoms with Gasteiger partial charge in [0.2, 0.25) is 5.91 Å². The van der Waals surface area contributed by atoms with Crippen molar-refractivity contribution in [1.29, 1.82) is 0 Å². The van der Waals surface area contributed by atoms with Crippen molar-refractivity contribution in [2.45, 2.75) is 32.8 Å². The van der Waals surface area contributed by atoms with Crippen molar-refractivity contribution in [3.05, 3.63) is 35.6 Å². The number of rotatable bonds is 4. The third-order valence-electron chi connectivity index (χ3n) is 4.38. The van der Waals surface area contributed by atoms with Crippen LogP contribution in [-0.2, 0) is 4.79 Å². The van der Waals surface area contributed by atoms with Crippen LogP contribution in [0.5, 0.6) is 0 Å². The van der Waals surface area contributed by atoms with Crippen molar-refractivity contribution in [2.75, 3.05) is 26.2 Å². The number of nitrogens with zero attached hydrogens (tertiary/aromatic N) is 2. The molecule has 1 N–H and O–H groups in total. The predicted molar refractivity (Wildman–Crippen MR) is 89.0 cm³/mol. The number of aliphatic hydroxyl groups is 1. The molecule has 1 saturated heterocycles. The minimum Gasteiger partial charge on any atom is -0.392 e. The van der Waals surface area contributed by atoms with Crippen molar-refractivity contribution >= 4 is 11.8 Å². The molecule has 0 aromatic heterocycles. The van der Waals surface area contributed by atoms with Gasteiger partial charge >= 0.3 is 0 Å². The van der Waals surface area contributed by atoms with E-state index in [-0.39, 0.29) is 30.0 Å². The molecule has 2 rings (SSSR count). The molecule has 1 unspecified atom stereocenters. The second-order valence-electron chi connectivity index (χ2n) is 6.55. The lowest BCUT2D eigenvalue weighted by molar-refractivity contribution is -0.133. The van der Waals surface area contributed by atoms with Crippen LogP contribution in [0.25, 0.3) is 0 Å². The highest BCUT2D eigenvalue weighted by Gasteiger charge is 2.24. The average Bonchev–Trinajstić information content (AvgIpc) is 2.80. The van der Waals surface area contributed by atoms with Gasteiger partial charge in [-0.15, -0.1) is 0 Å². The number of aliphatic hydroxyl groups excluding tert-OH is 1. The van der Waals surface area contributed by atoms with E-state index in [2.05, 4.69) is 0 Å². The van der Waals surface area contributed by atoms with Crippen LogP contribution < -0.4 is 0 Å². The Morgan fingerprint density at radius 1 is 1.08 bits per heavy atom. The fourth-order valence-electron chi connectivity index (χ4n) is 2.69. The van der Waals surface area contributed by atoms with Crippen LogP contribution in [0.3, 0.4) is 0 Å². The Bertz CT molecular complexity index is 574. The maximum Gasteiger partial charge on any atom is 0.253 e. The number of benzene rings is 1. The quantitative estimate of drug-likeness (QED) is 0.914. The zero-order chi connectivity index (χ0) is 17.7. The highest BCUT2D eigenvalue weighted by molar-refractivity contribution is 5.94. The number of carbonyl (C=O) groups excluding carboxylic acids is 2. The van der Waals surface area contributed by atoms with Gasteiger partial charge in [-0.05, 0) is 36.6 Å². The van der Waals surface area contributed by atoms with Crippen molar-refractivity contribution in [2.24, 2.45) is 5.92 Å². The van der Waals surface area contributed by atoms with Crippen molar-refractivity contribution < 1.29 is 19.1 Å². The van der Waals surface area contributed by atoms with E-state index in [1.807, 2.05) is 13.8 Å². The van der Waals surface area contributed by atoms with E-state index in [1.54, 1.807) is 9.80 Å². The maximum atomic E-state index is 13.0. The molecule has 0 radical (unpaired) electrons. The predicted octanol–water partition coefficient (Wildman–Crippen LogP) is 1.91. The Morgan fingerprint density at radius 3 is 2.29 bits per heavy atom.